The van der Waals surface area contributed by atoms with Gasteiger partial charge in [0.25, 0.3) is 0 Å². The lowest BCUT2D eigenvalue weighted by Crippen LogP contribution is -2.30. The number of hydrogen-bond acceptors (Lipinski definition) is 5. The average molecular weight is 475 g/mol. The highest BCUT2D eigenvalue weighted by Crippen LogP contribution is 2.31. The first-order chi connectivity index (χ1) is 15.8. The lowest BCUT2D eigenvalue weighted by Gasteiger charge is -2.22. The molecular formula is C23H21F3N4O2S. The summed E-state index contributed by atoms with van der Waals surface area (Å²) < 4.78 is 40.3. The van der Waals surface area contributed by atoms with Gasteiger partial charge in [-0.15, -0.1) is 0 Å². The number of thioether (sulfide) groups is 1. The second-order valence-electron chi connectivity index (χ2n) is 7.69. The molecule has 2 aromatic heterocycles. The van der Waals surface area contributed by atoms with Crippen molar-refractivity contribution in [2.24, 2.45) is 0 Å². The number of pyridine rings is 1. The maximum atomic E-state index is 12.9. The molecule has 1 aliphatic rings. The van der Waals surface area contributed by atoms with Gasteiger partial charge in [-0.3, -0.25) is 14.3 Å². The minimum atomic E-state index is -4.49. The first-order valence-corrected chi connectivity index (χ1v) is 11.4. The predicted molar refractivity (Wildman–Crippen MR) is 119 cm³/mol. The van der Waals surface area contributed by atoms with Gasteiger partial charge in [0.2, 0.25) is 5.91 Å². The summed E-state index contributed by atoms with van der Waals surface area (Å²) in [6, 6.07) is 8.19. The van der Waals surface area contributed by atoms with Gasteiger partial charge in [0.05, 0.1) is 17.9 Å². The highest BCUT2D eigenvalue weighted by Gasteiger charge is 2.30. The van der Waals surface area contributed by atoms with Crippen LogP contribution in [0.4, 0.5) is 18.9 Å². The number of carbonyl (C=O) groups excluding carboxylic acids is 1. The molecule has 10 heteroatoms. The van der Waals surface area contributed by atoms with Gasteiger partial charge in [-0.05, 0) is 55.5 Å². The zero-order valence-electron chi connectivity index (χ0n) is 17.6. The number of rotatable bonds is 6. The Kier molecular flexibility index (Phi) is 6.83. The van der Waals surface area contributed by atoms with Crippen LogP contribution in [-0.2, 0) is 30.4 Å². The van der Waals surface area contributed by atoms with E-state index < -0.39 is 17.6 Å². The highest BCUT2D eigenvalue weighted by molar-refractivity contribution is 8.00. The van der Waals surface area contributed by atoms with Gasteiger partial charge in [0, 0.05) is 29.3 Å². The number of amides is 1. The second kappa shape index (κ2) is 9.78. The normalized spacial score (nSPS) is 13.4. The van der Waals surface area contributed by atoms with E-state index >= 15 is 0 Å². The largest absolute Gasteiger partial charge is 0.416 e. The molecule has 1 N–H and O–H groups in total. The zero-order chi connectivity index (χ0) is 23.4. The molecule has 1 aromatic carbocycles. The molecule has 0 saturated carbocycles. The molecule has 2 heterocycles. The Hall–Kier alpha value is -3.14. The Bertz CT molecular complexity index is 1210. The molecule has 33 heavy (non-hydrogen) atoms. The summed E-state index contributed by atoms with van der Waals surface area (Å²) in [5.41, 5.74) is 1.63. The highest BCUT2D eigenvalue weighted by atomic mass is 32.2. The molecule has 0 atom stereocenters. The fraction of sp³-hybridized carbons (Fsp3) is 0.304. The van der Waals surface area contributed by atoms with E-state index in [9.17, 15) is 22.8 Å². The van der Waals surface area contributed by atoms with Crippen LogP contribution in [0.1, 0.15) is 35.2 Å². The third-order valence-corrected chi connectivity index (χ3v) is 6.35. The SMILES string of the molecule is O=C(CSc1nc(=O)n(Cc2cccnc2)c2c1CCCC2)Nc1cccc(C(F)(F)F)c1. The van der Waals surface area contributed by atoms with E-state index in [-0.39, 0.29) is 17.1 Å². The Balaban J connectivity index is 1.50. The Labute approximate surface area is 192 Å². The molecule has 0 radical (unpaired) electrons. The number of fused-ring (bicyclic) bond motifs is 1. The van der Waals surface area contributed by atoms with Crippen LogP contribution in [0.25, 0.3) is 0 Å². The van der Waals surface area contributed by atoms with Gasteiger partial charge in [-0.1, -0.05) is 23.9 Å². The summed E-state index contributed by atoms with van der Waals surface area (Å²) in [4.78, 5) is 33.5. The fourth-order valence-corrected chi connectivity index (χ4v) is 4.69. The Morgan fingerprint density at radius 1 is 1.15 bits per heavy atom. The molecule has 6 nitrogen and oxygen atoms in total. The number of carbonyl (C=O) groups is 1. The van der Waals surface area contributed by atoms with Crippen molar-refractivity contribution < 1.29 is 18.0 Å². The number of nitrogens with zero attached hydrogens (tertiary/aromatic N) is 3. The van der Waals surface area contributed by atoms with Crippen molar-refractivity contribution in [3.05, 3.63) is 81.7 Å². The van der Waals surface area contributed by atoms with Crippen LogP contribution in [0.15, 0.2) is 58.6 Å². The first-order valence-electron chi connectivity index (χ1n) is 10.4. The Morgan fingerprint density at radius 2 is 1.97 bits per heavy atom. The molecule has 0 unspecified atom stereocenters. The molecule has 0 bridgehead atoms. The molecule has 172 valence electrons. The van der Waals surface area contributed by atoms with Crippen molar-refractivity contribution in [3.8, 4) is 0 Å². The maximum absolute atomic E-state index is 12.9. The monoisotopic (exact) mass is 474 g/mol. The van der Waals surface area contributed by atoms with Crippen molar-refractivity contribution in [2.45, 2.75) is 43.4 Å². The topological polar surface area (TPSA) is 76.9 Å². The van der Waals surface area contributed by atoms with Crippen LogP contribution in [-0.4, -0.2) is 26.2 Å². The predicted octanol–water partition coefficient (Wildman–Crippen LogP) is 4.32. The van der Waals surface area contributed by atoms with E-state index in [1.807, 2.05) is 12.1 Å². The van der Waals surface area contributed by atoms with E-state index in [0.29, 0.717) is 11.6 Å². The minimum absolute atomic E-state index is 0.0669. The lowest BCUT2D eigenvalue weighted by atomic mass is 9.97. The van der Waals surface area contributed by atoms with Crippen LogP contribution in [0.3, 0.4) is 0 Å². The van der Waals surface area contributed by atoms with Gasteiger partial charge in [-0.25, -0.2) is 4.79 Å². The van der Waals surface area contributed by atoms with Crippen molar-refractivity contribution >= 4 is 23.4 Å². The minimum Gasteiger partial charge on any atom is -0.325 e. The molecule has 0 fully saturated rings. The summed E-state index contributed by atoms with van der Waals surface area (Å²) in [7, 11) is 0. The van der Waals surface area contributed by atoms with Crippen LogP contribution >= 0.6 is 11.8 Å². The smallest absolute Gasteiger partial charge is 0.325 e. The number of benzene rings is 1. The van der Waals surface area contributed by atoms with E-state index in [1.54, 1.807) is 17.0 Å². The summed E-state index contributed by atoms with van der Waals surface area (Å²) in [5, 5.41) is 3.00. The van der Waals surface area contributed by atoms with Crippen LogP contribution < -0.4 is 11.0 Å². The standard InChI is InChI=1S/C23H21F3N4O2S/c24-23(25,26)16-6-3-7-17(11-16)28-20(31)14-33-21-18-8-1-2-9-19(18)30(22(32)29-21)13-15-5-4-10-27-12-15/h3-7,10-12H,1-2,8-9,13-14H2,(H,28,31). The molecule has 1 aliphatic carbocycles. The van der Waals surface area contributed by atoms with Gasteiger partial charge in [0.1, 0.15) is 5.03 Å². The third-order valence-electron chi connectivity index (χ3n) is 5.33. The van der Waals surface area contributed by atoms with Crippen molar-refractivity contribution in [3.63, 3.8) is 0 Å². The van der Waals surface area contributed by atoms with Crippen LogP contribution in [0.2, 0.25) is 0 Å². The van der Waals surface area contributed by atoms with Gasteiger partial charge in [-0.2, -0.15) is 18.2 Å². The Morgan fingerprint density at radius 3 is 2.73 bits per heavy atom. The lowest BCUT2D eigenvalue weighted by molar-refractivity contribution is -0.137. The fourth-order valence-electron chi connectivity index (χ4n) is 3.81. The van der Waals surface area contributed by atoms with Crippen molar-refractivity contribution in [2.75, 3.05) is 11.1 Å². The number of anilines is 1. The van der Waals surface area contributed by atoms with Crippen molar-refractivity contribution in [1.82, 2.24) is 14.5 Å². The zero-order valence-corrected chi connectivity index (χ0v) is 18.4. The molecule has 0 aliphatic heterocycles. The third kappa shape index (κ3) is 5.62. The summed E-state index contributed by atoms with van der Waals surface area (Å²) >= 11 is 1.13. The number of nitrogens with one attached hydrogen (secondary N) is 1. The summed E-state index contributed by atoms with van der Waals surface area (Å²) in [6.07, 6.45) is 2.32. The van der Waals surface area contributed by atoms with Gasteiger partial charge in [0.15, 0.2) is 0 Å². The molecule has 1 amide bonds. The molecular weight excluding hydrogens is 453 g/mol. The number of halogens is 3. The number of alkyl halides is 3. The van der Waals surface area contributed by atoms with Gasteiger partial charge >= 0.3 is 11.9 Å². The summed E-state index contributed by atoms with van der Waals surface area (Å²) in [5.74, 6) is -0.535. The number of hydrogen-bond donors (Lipinski definition) is 1. The maximum Gasteiger partial charge on any atom is 0.416 e. The second-order valence-corrected chi connectivity index (χ2v) is 8.66. The number of aromatic nitrogens is 3. The quantitative estimate of drug-likeness (QED) is 0.426. The molecule has 3 aromatic rings. The van der Waals surface area contributed by atoms with Crippen molar-refractivity contribution in [1.29, 1.82) is 0 Å². The van der Waals surface area contributed by atoms with E-state index in [1.165, 1.54) is 12.1 Å². The van der Waals surface area contributed by atoms with E-state index in [0.717, 1.165) is 66.4 Å². The molecule has 0 spiro atoms. The van der Waals surface area contributed by atoms with E-state index in [4.69, 9.17) is 0 Å². The average Bonchev–Trinajstić information content (AvgIpc) is 2.80. The van der Waals surface area contributed by atoms with Crippen LogP contribution in [0, 0.1) is 0 Å². The first kappa shape index (κ1) is 23.0. The van der Waals surface area contributed by atoms with Crippen LogP contribution in [0.5, 0.6) is 0 Å². The van der Waals surface area contributed by atoms with Gasteiger partial charge < -0.3 is 5.32 Å². The molecule has 4 rings (SSSR count). The van der Waals surface area contributed by atoms with E-state index in [2.05, 4.69) is 15.3 Å². The summed E-state index contributed by atoms with van der Waals surface area (Å²) in [6.45, 7) is 0.378. The molecule has 0 saturated heterocycles.